The monoisotopic (exact) mass is 286 g/mol. The van der Waals surface area contributed by atoms with Gasteiger partial charge in [-0.2, -0.15) is 0 Å². The predicted octanol–water partition coefficient (Wildman–Crippen LogP) is 1.63. The van der Waals surface area contributed by atoms with E-state index in [1.165, 1.54) is 5.38 Å². The first-order chi connectivity index (χ1) is 8.95. The number of carbonyl (C=O) groups is 2. The Morgan fingerprint density at radius 2 is 2.21 bits per heavy atom. The molecule has 1 rings (SSSR count). The second kappa shape index (κ2) is 7.20. The van der Waals surface area contributed by atoms with Crippen molar-refractivity contribution >= 4 is 23.2 Å². The van der Waals surface area contributed by atoms with Crippen LogP contribution in [-0.4, -0.2) is 41.2 Å². The van der Waals surface area contributed by atoms with Crippen LogP contribution in [0.3, 0.4) is 0 Å². The Balaban J connectivity index is 2.67. The fourth-order valence-electron chi connectivity index (χ4n) is 1.35. The van der Waals surface area contributed by atoms with Crippen LogP contribution < -0.4 is 5.32 Å². The van der Waals surface area contributed by atoms with Crippen molar-refractivity contribution in [2.24, 2.45) is 5.92 Å². The minimum absolute atomic E-state index is 0.110. The zero-order valence-corrected chi connectivity index (χ0v) is 12.0. The van der Waals surface area contributed by atoms with Gasteiger partial charge in [-0.25, -0.2) is 9.78 Å². The summed E-state index contributed by atoms with van der Waals surface area (Å²) in [7, 11) is 0. The molecule has 0 fully saturated rings. The number of aromatic nitrogens is 1. The molecule has 0 aromatic carbocycles. The van der Waals surface area contributed by atoms with Crippen LogP contribution in [0.4, 0.5) is 0 Å². The van der Waals surface area contributed by atoms with Crippen LogP contribution in [0.1, 0.15) is 41.1 Å². The second-order valence-corrected chi connectivity index (χ2v) is 5.18. The van der Waals surface area contributed by atoms with Crippen molar-refractivity contribution in [3.63, 3.8) is 0 Å². The lowest BCUT2D eigenvalue weighted by atomic mass is 10.1. The van der Waals surface area contributed by atoms with Gasteiger partial charge < -0.3 is 15.2 Å². The molecule has 6 nitrogen and oxygen atoms in total. The zero-order valence-electron chi connectivity index (χ0n) is 11.2. The lowest BCUT2D eigenvalue weighted by Gasteiger charge is -2.21. The van der Waals surface area contributed by atoms with Gasteiger partial charge in [-0.1, -0.05) is 13.8 Å². The van der Waals surface area contributed by atoms with E-state index in [9.17, 15) is 9.59 Å². The normalized spacial score (nSPS) is 12.4. The van der Waals surface area contributed by atoms with Crippen molar-refractivity contribution in [3.05, 3.63) is 16.1 Å². The van der Waals surface area contributed by atoms with E-state index in [-0.39, 0.29) is 28.6 Å². The molecule has 1 amide bonds. The SMILES string of the molecule is CCOCC(NC(=O)c1nc(C(=O)O)cs1)C(C)C. The van der Waals surface area contributed by atoms with E-state index in [0.717, 1.165) is 11.3 Å². The van der Waals surface area contributed by atoms with Gasteiger partial charge in [0.1, 0.15) is 0 Å². The van der Waals surface area contributed by atoms with Crippen LogP contribution in [0.5, 0.6) is 0 Å². The number of carboxylic acid groups (broad SMARTS) is 1. The van der Waals surface area contributed by atoms with Crippen LogP contribution >= 0.6 is 11.3 Å². The average molecular weight is 286 g/mol. The molecule has 1 atom stereocenters. The summed E-state index contributed by atoms with van der Waals surface area (Å²) in [6.45, 7) is 6.86. The van der Waals surface area contributed by atoms with Crippen molar-refractivity contribution in [2.75, 3.05) is 13.2 Å². The number of amides is 1. The van der Waals surface area contributed by atoms with Crippen LogP contribution in [0, 0.1) is 5.92 Å². The third kappa shape index (κ3) is 4.60. The van der Waals surface area contributed by atoms with Gasteiger partial charge >= 0.3 is 5.97 Å². The number of carbonyl (C=O) groups excluding carboxylic acids is 1. The molecule has 19 heavy (non-hydrogen) atoms. The maximum absolute atomic E-state index is 11.9. The fraction of sp³-hybridized carbons (Fsp3) is 0.583. The maximum Gasteiger partial charge on any atom is 0.355 e. The first kappa shape index (κ1) is 15.6. The van der Waals surface area contributed by atoms with E-state index >= 15 is 0 Å². The topological polar surface area (TPSA) is 88.5 Å². The smallest absolute Gasteiger partial charge is 0.355 e. The summed E-state index contributed by atoms with van der Waals surface area (Å²) in [5.74, 6) is -1.28. The number of thiazole rings is 1. The molecule has 1 unspecified atom stereocenters. The number of nitrogens with one attached hydrogen (secondary N) is 1. The van der Waals surface area contributed by atoms with Gasteiger partial charge in [0.05, 0.1) is 12.6 Å². The summed E-state index contributed by atoms with van der Waals surface area (Å²) in [5.41, 5.74) is -0.110. The number of ether oxygens (including phenoxy) is 1. The van der Waals surface area contributed by atoms with Crippen LogP contribution in [0.25, 0.3) is 0 Å². The fourth-order valence-corrected chi connectivity index (χ4v) is 2.05. The average Bonchev–Trinajstić information content (AvgIpc) is 2.83. The number of nitrogens with zero attached hydrogens (tertiary/aromatic N) is 1. The highest BCUT2D eigenvalue weighted by atomic mass is 32.1. The van der Waals surface area contributed by atoms with Gasteiger partial charge in [-0.05, 0) is 12.8 Å². The standard InChI is InChI=1S/C12H18N2O4S/c1-4-18-5-8(7(2)3)13-10(15)11-14-9(6-19-11)12(16)17/h6-8H,4-5H2,1-3H3,(H,13,15)(H,16,17). The van der Waals surface area contributed by atoms with Gasteiger partial charge in [-0.15, -0.1) is 11.3 Å². The number of aromatic carboxylic acids is 1. The molecule has 1 aromatic heterocycles. The Bertz CT molecular complexity index is 445. The summed E-state index contributed by atoms with van der Waals surface area (Å²) in [5, 5.41) is 13.1. The number of hydrogen-bond donors (Lipinski definition) is 2. The molecule has 0 aliphatic heterocycles. The van der Waals surface area contributed by atoms with Crippen LogP contribution in [0.2, 0.25) is 0 Å². The molecule has 1 aromatic rings. The Morgan fingerprint density at radius 1 is 1.53 bits per heavy atom. The van der Waals surface area contributed by atoms with E-state index in [4.69, 9.17) is 9.84 Å². The third-order valence-electron chi connectivity index (χ3n) is 2.54. The highest BCUT2D eigenvalue weighted by molar-refractivity contribution is 7.11. The quantitative estimate of drug-likeness (QED) is 0.795. The first-order valence-electron chi connectivity index (χ1n) is 6.03. The summed E-state index contributed by atoms with van der Waals surface area (Å²) in [4.78, 5) is 26.4. The molecular formula is C12H18N2O4S. The van der Waals surface area contributed by atoms with E-state index in [2.05, 4.69) is 10.3 Å². The zero-order chi connectivity index (χ0) is 14.4. The predicted molar refractivity (Wildman–Crippen MR) is 71.7 cm³/mol. The Kier molecular flexibility index (Phi) is 5.91. The highest BCUT2D eigenvalue weighted by Crippen LogP contribution is 2.11. The summed E-state index contributed by atoms with van der Waals surface area (Å²) >= 11 is 1.02. The number of rotatable bonds is 7. The molecule has 0 spiro atoms. The van der Waals surface area contributed by atoms with Crippen molar-refractivity contribution in [1.29, 1.82) is 0 Å². The van der Waals surface area contributed by atoms with Gasteiger partial charge in [-0.3, -0.25) is 4.79 Å². The molecule has 0 saturated carbocycles. The van der Waals surface area contributed by atoms with Gasteiger partial charge in [0.2, 0.25) is 0 Å². The molecule has 106 valence electrons. The van der Waals surface area contributed by atoms with Crippen molar-refractivity contribution in [2.45, 2.75) is 26.8 Å². The highest BCUT2D eigenvalue weighted by Gasteiger charge is 2.20. The molecule has 0 radical (unpaired) electrons. The van der Waals surface area contributed by atoms with Crippen molar-refractivity contribution < 1.29 is 19.4 Å². The molecule has 1 heterocycles. The van der Waals surface area contributed by atoms with E-state index < -0.39 is 5.97 Å². The molecule has 2 N–H and O–H groups in total. The summed E-state index contributed by atoms with van der Waals surface area (Å²) in [6.07, 6.45) is 0. The molecule has 0 bridgehead atoms. The van der Waals surface area contributed by atoms with E-state index in [0.29, 0.717) is 13.2 Å². The second-order valence-electron chi connectivity index (χ2n) is 4.33. The minimum atomic E-state index is -1.13. The number of hydrogen-bond acceptors (Lipinski definition) is 5. The number of carboxylic acids is 1. The van der Waals surface area contributed by atoms with E-state index in [1.807, 2.05) is 20.8 Å². The largest absolute Gasteiger partial charge is 0.476 e. The Labute approximate surface area is 115 Å². The van der Waals surface area contributed by atoms with Crippen LogP contribution in [0.15, 0.2) is 5.38 Å². The molecule has 0 aliphatic rings. The first-order valence-corrected chi connectivity index (χ1v) is 6.91. The maximum atomic E-state index is 11.9. The lowest BCUT2D eigenvalue weighted by molar-refractivity contribution is 0.0691. The van der Waals surface area contributed by atoms with Crippen LogP contribution in [-0.2, 0) is 4.74 Å². The molecule has 0 saturated heterocycles. The minimum Gasteiger partial charge on any atom is -0.476 e. The van der Waals surface area contributed by atoms with Gasteiger partial charge in [0.15, 0.2) is 10.7 Å². The molecular weight excluding hydrogens is 268 g/mol. The van der Waals surface area contributed by atoms with Gasteiger partial charge in [0, 0.05) is 12.0 Å². The summed E-state index contributed by atoms with van der Waals surface area (Å²) in [6, 6.07) is -0.121. The third-order valence-corrected chi connectivity index (χ3v) is 3.38. The lowest BCUT2D eigenvalue weighted by Crippen LogP contribution is -2.41. The molecule has 7 heteroatoms. The van der Waals surface area contributed by atoms with E-state index in [1.54, 1.807) is 0 Å². The van der Waals surface area contributed by atoms with Crippen molar-refractivity contribution in [1.82, 2.24) is 10.3 Å². The van der Waals surface area contributed by atoms with Crippen molar-refractivity contribution in [3.8, 4) is 0 Å². The Hall–Kier alpha value is -1.47. The van der Waals surface area contributed by atoms with Gasteiger partial charge in [0.25, 0.3) is 5.91 Å². The Morgan fingerprint density at radius 3 is 2.68 bits per heavy atom. The molecule has 0 aliphatic carbocycles. The summed E-state index contributed by atoms with van der Waals surface area (Å²) < 4.78 is 5.31.